The van der Waals surface area contributed by atoms with E-state index in [0.717, 1.165) is 19.4 Å². The molecular formula is C21H30N4O4. The first kappa shape index (κ1) is 21.1. The normalized spacial score (nSPS) is 19.7. The van der Waals surface area contributed by atoms with Gasteiger partial charge in [-0.25, -0.2) is 4.79 Å². The molecule has 0 aromatic heterocycles. The summed E-state index contributed by atoms with van der Waals surface area (Å²) in [6.45, 7) is 2.32. The van der Waals surface area contributed by atoms with Crippen LogP contribution in [0.5, 0.6) is 0 Å². The molecule has 0 saturated carbocycles. The SMILES string of the molecule is CN(C)C(=O)N1CCC(C(=O)Nc2ccccc2C(=O)NC[C@H]2CCCO2)CC1. The van der Waals surface area contributed by atoms with Crippen LogP contribution in [0.2, 0.25) is 0 Å². The van der Waals surface area contributed by atoms with Crippen molar-refractivity contribution in [2.45, 2.75) is 31.8 Å². The number of benzene rings is 1. The number of nitrogens with one attached hydrogen (secondary N) is 2. The van der Waals surface area contributed by atoms with Crippen molar-refractivity contribution in [1.29, 1.82) is 0 Å². The number of para-hydroxylation sites is 1. The van der Waals surface area contributed by atoms with Crippen molar-refractivity contribution in [1.82, 2.24) is 15.1 Å². The molecule has 2 fully saturated rings. The summed E-state index contributed by atoms with van der Waals surface area (Å²) in [6, 6.07) is 6.99. The molecule has 2 heterocycles. The number of carbonyl (C=O) groups excluding carboxylic acids is 3. The van der Waals surface area contributed by atoms with Gasteiger partial charge in [-0.05, 0) is 37.8 Å². The lowest BCUT2D eigenvalue weighted by molar-refractivity contribution is -0.121. The van der Waals surface area contributed by atoms with Gasteiger partial charge in [-0.3, -0.25) is 9.59 Å². The maximum atomic E-state index is 12.7. The minimum Gasteiger partial charge on any atom is -0.376 e. The van der Waals surface area contributed by atoms with E-state index in [4.69, 9.17) is 4.74 Å². The van der Waals surface area contributed by atoms with Gasteiger partial charge in [-0.15, -0.1) is 0 Å². The number of hydrogen-bond acceptors (Lipinski definition) is 4. The first-order valence-electron chi connectivity index (χ1n) is 10.2. The Morgan fingerprint density at radius 1 is 1.14 bits per heavy atom. The number of likely N-dealkylation sites (tertiary alicyclic amines) is 1. The van der Waals surface area contributed by atoms with Gasteiger partial charge in [-0.2, -0.15) is 0 Å². The van der Waals surface area contributed by atoms with Gasteiger partial charge in [0, 0.05) is 46.3 Å². The monoisotopic (exact) mass is 402 g/mol. The minimum absolute atomic E-state index is 0.0304. The summed E-state index contributed by atoms with van der Waals surface area (Å²) in [6.07, 6.45) is 3.26. The Morgan fingerprint density at radius 3 is 2.52 bits per heavy atom. The number of nitrogens with zero attached hydrogens (tertiary/aromatic N) is 2. The predicted molar refractivity (Wildman–Crippen MR) is 110 cm³/mol. The van der Waals surface area contributed by atoms with E-state index in [1.807, 2.05) is 0 Å². The fraction of sp³-hybridized carbons (Fsp3) is 0.571. The molecule has 1 aromatic rings. The Morgan fingerprint density at radius 2 is 1.86 bits per heavy atom. The largest absolute Gasteiger partial charge is 0.376 e. The lowest BCUT2D eigenvalue weighted by Crippen LogP contribution is -2.45. The van der Waals surface area contributed by atoms with Gasteiger partial charge in [-0.1, -0.05) is 12.1 Å². The van der Waals surface area contributed by atoms with E-state index < -0.39 is 0 Å². The zero-order valence-electron chi connectivity index (χ0n) is 17.1. The van der Waals surface area contributed by atoms with Crippen LogP contribution in [0.25, 0.3) is 0 Å². The average molecular weight is 402 g/mol. The number of piperidine rings is 1. The van der Waals surface area contributed by atoms with E-state index in [-0.39, 0.29) is 29.9 Å². The van der Waals surface area contributed by atoms with Crippen molar-refractivity contribution in [3.8, 4) is 0 Å². The van der Waals surface area contributed by atoms with Crippen molar-refractivity contribution >= 4 is 23.5 Å². The average Bonchev–Trinajstić information content (AvgIpc) is 3.25. The second-order valence-corrected chi connectivity index (χ2v) is 7.82. The van der Waals surface area contributed by atoms with Gasteiger partial charge in [0.25, 0.3) is 5.91 Å². The fourth-order valence-corrected chi connectivity index (χ4v) is 3.75. The molecule has 0 radical (unpaired) electrons. The van der Waals surface area contributed by atoms with Crippen LogP contribution in [0.15, 0.2) is 24.3 Å². The Hall–Kier alpha value is -2.61. The number of anilines is 1. The number of rotatable bonds is 5. The minimum atomic E-state index is -0.220. The third-order valence-corrected chi connectivity index (χ3v) is 5.46. The van der Waals surface area contributed by atoms with Crippen molar-refractivity contribution in [2.75, 3.05) is 45.7 Å². The molecule has 0 bridgehead atoms. The standard InChI is InChI=1S/C21H30N4O4/c1-24(2)21(28)25-11-9-15(10-12-25)19(26)23-18-8-4-3-7-17(18)20(27)22-14-16-6-5-13-29-16/h3-4,7-8,15-16H,5-6,9-14H2,1-2H3,(H,22,27)(H,23,26)/t16-/m1/s1. The predicted octanol–water partition coefficient (Wildman–Crippen LogP) is 1.93. The fourth-order valence-electron chi connectivity index (χ4n) is 3.75. The summed E-state index contributed by atoms with van der Waals surface area (Å²) in [5.74, 6) is -0.506. The van der Waals surface area contributed by atoms with Crippen molar-refractivity contribution in [3.05, 3.63) is 29.8 Å². The summed E-state index contributed by atoms with van der Waals surface area (Å²) in [5, 5.41) is 5.81. The highest BCUT2D eigenvalue weighted by atomic mass is 16.5. The van der Waals surface area contributed by atoms with E-state index in [2.05, 4.69) is 10.6 Å². The molecule has 3 rings (SSSR count). The Labute approximate surface area is 171 Å². The molecule has 0 unspecified atom stereocenters. The van der Waals surface area contributed by atoms with Crippen LogP contribution in [0.3, 0.4) is 0 Å². The van der Waals surface area contributed by atoms with E-state index in [9.17, 15) is 14.4 Å². The zero-order chi connectivity index (χ0) is 20.8. The number of carbonyl (C=O) groups is 3. The zero-order valence-corrected chi connectivity index (χ0v) is 17.1. The van der Waals surface area contributed by atoms with E-state index in [1.165, 1.54) is 0 Å². The maximum Gasteiger partial charge on any atom is 0.319 e. The van der Waals surface area contributed by atoms with Crippen LogP contribution in [0, 0.1) is 5.92 Å². The molecule has 8 heteroatoms. The highest BCUT2D eigenvalue weighted by Gasteiger charge is 2.28. The molecule has 158 valence electrons. The number of urea groups is 1. The number of ether oxygens (including phenoxy) is 1. The molecule has 2 N–H and O–H groups in total. The van der Waals surface area contributed by atoms with Gasteiger partial charge in [0.1, 0.15) is 0 Å². The van der Waals surface area contributed by atoms with Gasteiger partial charge >= 0.3 is 6.03 Å². The molecule has 1 atom stereocenters. The summed E-state index contributed by atoms with van der Waals surface area (Å²) in [5.41, 5.74) is 0.952. The molecule has 0 spiro atoms. The summed E-state index contributed by atoms with van der Waals surface area (Å²) < 4.78 is 5.54. The third-order valence-electron chi connectivity index (χ3n) is 5.46. The van der Waals surface area contributed by atoms with Crippen LogP contribution in [-0.2, 0) is 9.53 Å². The van der Waals surface area contributed by atoms with Gasteiger partial charge in [0.15, 0.2) is 0 Å². The summed E-state index contributed by atoms with van der Waals surface area (Å²) in [4.78, 5) is 40.7. The molecule has 8 nitrogen and oxygen atoms in total. The van der Waals surface area contributed by atoms with Gasteiger partial charge < -0.3 is 25.2 Å². The summed E-state index contributed by atoms with van der Waals surface area (Å²) in [7, 11) is 3.45. The Kier molecular flexibility index (Phi) is 7.09. The lowest BCUT2D eigenvalue weighted by Gasteiger charge is -2.33. The van der Waals surface area contributed by atoms with Crippen LogP contribution in [0.4, 0.5) is 10.5 Å². The molecule has 2 saturated heterocycles. The number of hydrogen-bond donors (Lipinski definition) is 2. The van der Waals surface area contributed by atoms with Crippen LogP contribution in [-0.4, -0.2) is 74.1 Å². The molecule has 4 amide bonds. The highest BCUT2D eigenvalue weighted by Crippen LogP contribution is 2.22. The van der Waals surface area contributed by atoms with E-state index in [1.54, 1.807) is 48.2 Å². The Balaban J connectivity index is 1.55. The van der Waals surface area contributed by atoms with Crippen molar-refractivity contribution < 1.29 is 19.1 Å². The lowest BCUT2D eigenvalue weighted by atomic mass is 9.95. The maximum absolute atomic E-state index is 12.7. The second kappa shape index (κ2) is 9.73. The quantitative estimate of drug-likeness (QED) is 0.787. The van der Waals surface area contributed by atoms with Crippen LogP contribution in [0.1, 0.15) is 36.0 Å². The molecular weight excluding hydrogens is 372 g/mol. The first-order valence-corrected chi connectivity index (χ1v) is 10.2. The molecule has 1 aromatic carbocycles. The summed E-state index contributed by atoms with van der Waals surface area (Å²) >= 11 is 0. The van der Waals surface area contributed by atoms with Gasteiger partial charge in [0.05, 0.1) is 17.4 Å². The number of amides is 4. The molecule has 29 heavy (non-hydrogen) atoms. The molecule has 2 aliphatic rings. The molecule has 0 aliphatic carbocycles. The molecule has 2 aliphatic heterocycles. The van der Waals surface area contributed by atoms with Crippen LogP contribution < -0.4 is 10.6 Å². The van der Waals surface area contributed by atoms with Crippen molar-refractivity contribution in [2.24, 2.45) is 5.92 Å². The highest BCUT2D eigenvalue weighted by molar-refractivity contribution is 6.04. The second-order valence-electron chi connectivity index (χ2n) is 7.82. The topological polar surface area (TPSA) is 91.0 Å². The van der Waals surface area contributed by atoms with E-state index >= 15 is 0 Å². The third kappa shape index (κ3) is 5.47. The van der Waals surface area contributed by atoms with Gasteiger partial charge in [0.2, 0.25) is 5.91 Å². The first-order chi connectivity index (χ1) is 14.0. The van der Waals surface area contributed by atoms with Crippen LogP contribution >= 0.6 is 0 Å². The van der Waals surface area contributed by atoms with Crippen molar-refractivity contribution in [3.63, 3.8) is 0 Å². The van der Waals surface area contributed by atoms with E-state index in [0.29, 0.717) is 43.7 Å². The smallest absolute Gasteiger partial charge is 0.319 e. The Bertz CT molecular complexity index is 738.